The smallest absolute Gasteiger partial charge is 0.191 e. The fourth-order valence-electron chi connectivity index (χ4n) is 3.29. The van der Waals surface area contributed by atoms with Crippen LogP contribution in [0, 0.1) is 0 Å². The van der Waals surface area contributed by atoms with Crippen molar-refractivity contribution in [3.05, 3.63) is 53.7 Å². The van der Waals surface area contributed by atoms with Gasteiger partial charge in [0.15, 0.2) is 15.8 Å². The summed E-state index contributed by atoms with van der Waals surface area (Å²) in [5, 5.41) is 6.58. The SMILES string of the molecule is CN=C(NCCc1ccc(S(C)(=O)=O)cc1)NCc1ccc(N2CCCC2)nc1. The molecule has 0 atom stereocenters. The molecular weight excluding hydrogens is 386 g/mol. The molecule has 0 unspecified atom stereocenters. The molecule has 2 heterocycles. The van der Waals surface area contributed by atoms with Crippen molar-refractivity contribution in [2.45, 2.75) is 30.7 Å². The Bertz CT molecular complexity index is 919. The van der Waals surface area contributed by atoms with E-state index in [0.29, 0.717) is 18.0 Å². The minimum atomic E-state index is -3.15. The van der Waals surface area contributed by atoms with Crippen LogP contribution in [0.3, 0.4) is 0 Å². The minimum absolute atomic E-state index is 0.344. The van der Waals surface area contributed by atoms with Crippen LogP contribution in [0.2, 0.25) is 0 Å². The molecule has 1 fully saturated rings. The van der Waals surface area contributed by atoms with Gasteiger partial charge in [0.1, 0.15) is 5.82 Å². The summed E-state index contributed by atoms with van der Waals surface area (Å²) in [5.41, 5.74) is 2.18. The average Bonchev–Trinajstić information content (AvgIpc) is 3.25. The van der Waals surface area contributed by atoms with Crippen molar-refractivity contribution < 1.29 is 8.42 Å². The highest BCUT2D eigenvalue weighted by molar-refractivity contribution is 7.90. The normalized spacial score (nSPS) is 14.8. The minimum Gasteiger partial charge on any atom is -0.357 e. The van der Waals surface area contributed by atoms with E-state index in [0.717, 1.165) is 42.4 Å². The maximum absolute atomic E-state index is 11.5. The number of sulfone groups is 1. The van der Waals surface area contributed by atoms with Crippen molar-refractivity contribution in [3.63, 3.8) is 0 Å². The summed E-state index contributed by atoms with van der Waals surface area (Å²) in [6, 6.07) is 11.2. The summed E-state index contributed by atoms with van der Waals surface area (Å²) in [5.74, 6) is 1.78. The van der Waals surface area contributed by atoms with E-state index >= 15 is 0 Å². The van der Waals surface area contributed by atoms with E-state index in [2.05, 4.69) is 37.6 Å². The zero-order valence-corrected chi connectivity index (χ0v) is 17.9. The predicted molar refractivity (Wildman–Crippen MR) is 117 cm³/mol. The average molecular weight is 416 g/mol. The Labute approximate surface area is 173 Å². The lowest BCUT2D eigenvalue weighted by molar-refractivity contribution is 0.602. The van der Waals surface area contributed by atoms with E-state index in [-0.39, 0.29) is 0 Å². The maximum Gasteiger partial charge on any atom is 0.191 e. The molecule has 1 aromatic carbocycles. The molecule has 0 bridgehead atoms. The van der Waals surface area contributed by atoms with Crippen LogP contribution in [0.5, 0.6) is 0 Å². The van der Waals surface area contributed by atoms with Crippen molar-refractivity contribution in [2.24, 2.45) is 4.99 Å². The summed E-state index contributed by atoms with van der Waals surface area (Å²) in [7, 11) is -1.41. The molecule has 1 aliphatic rings. The van der Waals surface area contributed by atoms with Crippen molar-refractivity contribution >= 4 is 21.6 Å². The van der Waals surface area contributed by atoms with E-state index in [1.54, 1.807) is 19.2 Å². The monoisotopic (exact) mass is 415 g/mol. The van der Waals surface area contributed by atoms with Gasteiger partial charge in [0.2, 0.25) is 0 Å². The first-order chi connectivity index (χ1) is 14.0. The Kier molecular flexibility index (Phi) is 7.09. The highest BCUT2D eigenvalue weighted by Gasteiger charge is 2.13. The first-order valence-corrected chi connectivity index (χ1v) is 11.8. The number of guanidine groups is 1. The van der Waals surface area contributed by atoms with Crippen LogP contribution in [-0.4, -0.2) is 52.3 Å². The van der Waals surface area contributed by atoms with Gasteiger partial charge in [0.05, 0.1) is 4.90 Å². The fourth-order valence-corrected chi connectivity index (χ4v) is 3.92. The highest BCUT2D eigenvalue weighted by atomic mass is 32.2. The van der Waals surface area contributed by atoms with Crippen LogP contribution in [0.15, 0.2) is 52.5 Å². The second-order valence-corrected chi connectivity index (χ2v) is 9.25. The summed E-state index contributed by atoms with van der Waals surface area (Å²) in [6.45, 7) is 3.54. The van der Waals surface area contributed by atoms with Crippen LogP contribution in [-0.2, 0) is 22.8 Å². The lowest BCUT2D eigenvalue weighted by atomic mass is 10.1. The van der Waals surface area contributed by atoms with E-state index < -0.39 is 9.84 Å². The molecule has 1 aromatic heterocycles. The van der Waals surface area contributed by atoms with Gasteiger partial charge in [-0.15, -0.1) is 0 Å². The molecule has 0 spiro atoms. The van der Waals surface area contributed by atoms with Crippen molar-refractivity contribution in [1.82, 2.24) is 15.6 Å². The molecule has 156 valence electrons. The molecule has 7 nitrogen and oxygen atoms in total. The van der Waals surface area contributed by atoms with Crippen LogP contribution in [0.1, 0.15) is 24.0 Å². The second-order valence-electron chi connectivity index (χ2n) is 7.24. The van der Waals surface area contributed by atoms with Crippen molar-refractivity contribution in [1.29, 1.82) is 0 Å². The molecule has 0 radical (unpaired) electrons. The third-order valence-corrected chi connectivity index (χ3v) is 6.11. The van der Waals surface area contributed by atoms with Crippen LogP contribution < -0.4 is 15.5 Å². The zero-order valence-electron chi connectivity index (χ0n) is 17.1. The van der Waals surface area contributed by atoms with Gasteiger partial charge in [-0.05, 0) is 48.6 Å². The van der Waals surface area contributed by atoms with Gasteiger partial charge in [-0.1, -0.05) is 18.2 Å². The third kappa shape index (κ3) is 6.19. The molecular formula is C21H29N5O2S. The molecule has 1 saturated heterocycles. The van der Waals surface area contributed by atoms with Crippen molar-refractivity contribution in [2.75, 3.05) is 37.8 Å². The highest BCUT2D eigenvalue weighted by Crippen LogP contribution is 2.17. The quantitative estimate of drug-likeness (QED) is 0.531. The number of pyridine rings is 1. The van der Waals surface area contributed by atoms with Crippen molar-refractivity contribution in [3.8, 4) is 0 Å². The third-order valence-electron chi connectivity index (χ3n) is 4.98. The largest absolute Gasteiger partial charge is 0.357 e. The van der Waals surface area contributed by atoms with Gasteiger partial charge in [0.25, 0.3) is 0 Å². The van der Waals surface area contributed by atoms with Crippen LogP contribution in [0.25, 0.3) is 0 Å². The summed E-state index contributed by atoms with van der Waals surface area (Å²) in [6.07, 6.45) is 6.40. The molecule has 0 saturated carbocycles. The Morgan fingerprint density at radius 3 is 2.34 bits per heavy atom. The predicted octanol–water partition coefficient (Wildman–Crippen LogP) is 1.99. The number of benzene rings is 1. The standard InChI is InChI=1S/C21H29N5O2S/c1-22-21(23-12-11-17-5-8-19(9-6-17)29(2,27)28)25-16-18-7-10-20(24-15-18)26-13-3-4-14-26/h5-10,15H,3-4,11-14,16H2,1-2H3,(H2,22,23,25). The van der Waals surface area contributed by atoms with Crippen LogP contribution >= 0.6 is 0 Å². The number of rotatable bonds is 7. The molecule has 29 heavy (non-hydrogen) atoms. The van der Waals surface area contributed by atoms with E-state index in [9.17, 15) is 8.42 Å². The maximum atomic E-state index is 11.5. The van der Waals surface area contributed by atoms with E-state index in [1.165, 1.54) is 19.1 Å². The first kappa shape index (κ1) is 21.1. The molecule has 2 N–H and O–H groups in total. The van der Waals surface area contributed by atoms with Gasteiger partial charge in [-0.2, -0.15) is 0 Å². The first-order valence-electron chi connectivity index (χ1n) is 9.89. The second kappa shape index (κ2) is 9.73. The Hall–Kier alpha value is -2.61. The van der Waals surface area contributed by atoms with Gasteiger partial charge in [0, 0.05) is 45.7 Å². The van der Waals surface area contributed by atoms with Gasteiger partial charge in [-0.3, -0.25) is 4.99 Å². The molecule has 8 heteroatoms. The topological polar surface area (TPSA) is 86.7 Å². The zero-order chi connectivity index (χ0) is 20.7. The Morgan fingerprint density at radius 2 is 1.76 bits per heavy atom. The molecule has 1 aliphatic heterocycles. The number of aromatic nitrogens is 1. The fraction of sp³-hybridized carbons (Fsp3) is 0.429. The summed E-state index contributed by atoms with van der Waals surface area (Å²) >= 11 is 0. The molecule has 2 aromatic rings. The number of anilines is 1. The van der Waals surface area contributed by atoms with Crippen LogP contribution in [0.4, 0.5) is 5.82 Å². The van der Waals surface area contributed by atoms with Gasteiger partial charge < -0.3 is 15.5 Å². The van der Waals surface area contributed by atoms with Gasteiger partial charge >= 0.3 is 0 Å². The number of nitrogens with zero attached hydrogens (tertiary/aromatic N) is 3. The van der Waals surface area contributed by atoms with Gasteiger partial charge in [-0.25, -0.2) is 13.4 Å². The molecule has 0 amide bonds. The van der Waals surface area contributed by atoms with E-state index in [1.807, 2.05) is 18.3 Å². The van der Waals surface area contributed by atoms with E-state index in [4.69, 9.17) is 0 Å². The summed E-state index contributed by atoms with van der Waals surface area (Å²) < 4.78 is 23.0. The lowest BCUT2D eigenvalue weighted by Gasteiger charge is -2.16. The Morgan fingerprint density at radius 1 is 1.07 bits per heavy atom. The Balaban J connectivity index is 1.43. The number of aliphatic imine (C=N–C) groups is 1. The number of nitrogens with one attached hydrogen (secondary N) is 2. The molecule has 3 rings (SSSR count). The lowest BCUT2D eigenvalue weighted by Crippen LogP contribution is -2.37. The summed E-state index contributed by atoms with van der Waals surface area (Å²) in [4.78, 5) is 11.5. The number of hydrogen-bond donors (Lipinski definition) is 2. The number of hydrogen-bond acceptors (Lipinski definition) is 5. The molecule has 0 aliphatic carbocycles.